The van der Waals surface area contributed by atoms with E-state index in [9.17, 15) is 40.3 Å². The number of nitrogen functional groups attached to an aromatic ring is 1. The van der Waals surface area contributed by atoms with E-state index in [1.807, 2.05) is 0 Å². The second-order valence-corrected chi connectivity index (χ2v) is 8.55. The molecule has 0 saturated heterocycles. The molecular formula is C30H22F7NO4. The van der Waals surface area contributed by atoms with Gasteiger partial charge in [-0.3, -0.25) is 9.59 Å². The summed E-state index contributed by atoms with van der Waals surface area (Å²) in [6.07, 6.45) is -9.45. The van der Waals surface area contributed by atoms with Crippen LogP contribution in [0.15, 0.2) is 84.9 Å². The third-order valence-electron chi connectivity index (χ3n) is 5.87. The average Bonchev–Trinajstić information content (AvgIpc) is 2.96. The van der Waals surface area contributed by atoms with Gasteiger partial charge in [-0.25, -0.2) is 4.39 Å². The lowest BCUT2D eigenvalue weighted by atomic mass is 9.98. The second-order valence-electron chi connectivity index (χ2n) is 8.55. The Morgan fingerprint density at radius 1 is 0.619 bits per heavy atom. The van der Waals surface area contributed by atoms with Crippen LogP contribution in [0.5, 0.6) is 11.5 Å². The number of para-hydroxylation sites is 1. The SMILES string of the molecule is COc1cccc(C(=O)c2cccc(C(F)(F)F)c2F)c1.COc1cccc(C(=O)c2cccc(C(F)(F)F)c2N)c1. The highest BCUT2D eigenvalue weighted by atomic mass is 19.4. The number of hydrogen-bond donors (Lipinski definition) is 1. The third kappa shape index (κ3) is 7.25. The predicted octanol–water partition coefficient (Wildman–Crippen LogP) is 7.61. The largest absolute Gasteiger partial charge is 0.497 e. The molecule has 4 aromatic rings. The molecule has 0 bridgehead atoms. The van der Waals surface area contributed by atoms with Crippen molar-refractivity contribution in [2.24, 2.45) is 0 Å². The highest BCUT2D eigenvalue weighted by Gasteiger charge is 2.36. The van der Waals surface area contributed by atoms with Gasteiger partial charge >= 0.3 is 12.4 Å². The summed E-state index contributed by atoms with van der Waals surface area (Å²) in [5.74, 6) is -2.20. The van der Waals surface area contributed by atoms with E-state index in [4.69, 9.17) is 15.2 Å². The fraction of sp³-hybridized carbons (Fsp3) is 0.133. The van der Waals surface area contributed by atoms with Crippen LogP contribution in [-0.4, -0.2) is 25.8 Å². The summed E-state index contributed by atoms with van der Waals surface area (Å²) in [6.45, 7) is 0. The number of hydrogen-bond acceptors (Lipinski definition) is 5. The lowest BCUT2D eigenvalue weighted by Gasteiger charge is -2.13. The van der Waals surface area contributed by atoms with Crippen LogP contribution in [0.25, 0.3) is 0 Å². The van der Waals surface area contributed by atoms with E-state index >= 15 is 0 Å². The van der Waals surface area contributed by atoms with Gasteiger partial charge in [-0.15, -0.1) is 0 Å². The van der Waals surface area contributed by atoms with Crippen LogP contribution in [0.1, 0.15) is 43.0 Å². The van der Waals surface area contributed by atoms with Gasteiger partial charge in [0.05, 0.1) is 36.6 Å². The zero-order valence-corrected chi connectivity index (χ0v) is 21.9. The van der Waals surface area contributed by atoms with Gasteiger partial charge in [0.1, 0.15) is 17.3 Å². The normalized spacial score (nSPS) is 11.3. The highest BCUT2D eigenvalue weighted by molar-refractivity contribution is 6.12. The van der Waals surface area contributed by atoms with Crippen molar-refractivity contribution in [2.45, 2.75) is 12.4 Å². The van der Waals surface area contributed by atoms with Crippen molar-refractivity contribution in [3.63, 3.8) is 0 Å². The van der Waals surface area contributed by atoms with Crippen molar-refractivity contribution < 1.29 is 49.8 Å². The molecule has 0 atom stereocenters. The quantitative estimate of drug-likeness (QED) is 0.141. The number of anilines is 1. The van der Waals surface area contributed by atoms with Crippen molar-refractivity contribution in [2.75, 3.05) is 20.0 Å². The highest BCUT2D eigenvalue weighted by Crippen LogP contribution is 2.36. The van der Waals surface area contributed by atoms with Crippen LogP contribution in [-0.2, 0) is 12.4 Å². The predicted molar refractivity (Wildman–Crippen MR) is 140 cm³/mol. The lowest BCUT2D eigenvalue weighted by molar-refractivity contribution is -0.140. The first kappa shape index (κ1) is 31.7. The van der Waals surface area contributed by atoms with Gasteiger partial charge in [-0.2, -0.15) is 26.3 Å². The minimum absolute atomic E-state index is 0.0487. The molecule has 12 heteroatoms. The maximum absolute atomic E-state index is 13.9. The molecule has 220 valence electrons. The summed E-state index contributed by atoms with van der Waals surface area (Å²) in [4.78, 5) is 24.5. The molecule has 0 aromatic heterocycles. The Kier molecular flexibility index (Phi) is 9.61. The van der Waals surface area contributed by atoms with Gasteiger partial charge in [-0.05, 0) is 48.5 Å². The molecule has 0 heterocycles. The molecule has 0 aliphatic carbocycles. The molecule has 0 fully saturated rings. The molecule has 5 nitrogen and oxygen atoms in total. The Morgan fingerprint density at radius 3 is 1.48 bits per heavy atom. The van der Waals surface area contributed by atoms with Crippen LogP contribution >= 0.6 is 0 Å². The monoisotopic (exact) mass is 593 g/mol. The number of carbonyl (C=O) groups excluding carboxylic acids is 2. The summed E-state index contributed by atoms with van der Waals surface area (Å²) in [5, 5.41) is 0. The number of nitrogens with two attached hydrogens (primary N) is 1. The molecular weight excluding hydrogens is 571 g/mol. The summed E-state index contributed by atoms with van der Waals surface area (Å²) >= 11 is 0. The maximum atomic E-state index is 13.9. The van der Waals surface area contributed by atoms with Crippen molar-refractivity contribution in [3.8, 4) is 11.5 Å². The van der Waals surface area contributed by atoms with Crippen LogP contribution in [0, 0.1) is 5.82 Å². The average molecular weight is 593 g/mol. The zero-order valence-electron chi connectivity index (χ0n) is 21.9. The Balaban J connectivity index is 0.000000230. The number of carbonyl (C=O) groups is 2. The van der Waals surface area contributed by atoms with Gasteiger partial charge in [0.15, 0.2) is 11.6 Å². The molecule has 2 N–H and O–H groups in total. The molecule has 0 radical (unpaired) electrons. The number of ketones is 2. The third-order valence-corrected chi connectivity index (χ3v) is 5.87. The fourth-order valence-electron chi connectivity index (χ4n) is 3.78. The van der Waals surface area contributed by atoms with Crippen molar-refractivity contribution in [1.82, 2.24) is 0 Å². The minimum atomic E-state index is -4.85. The van der Waals surface area contributed by atoms with Crippen LogP contribution < -0.4 is 15.2 Å². The first-order valence-corrected chi connectivity index (χ1v) is 11.9. The van der Waals surface area contributed by atoms with Crippen LogP contribution in [0.2, 0.25) is 0 Å². The van der Waals surface area contributed by atoms with E-state index < -0.39 is 52.1 Å². The molecule has 4 rings (SSSR count). The van der Waals surface area contributed by atoms with E-state index in [0.29, 0.717) is 17.6 Å². The van der Waals surface area contributed by atoms with Gasteiger partial charge in [0.25, 0.3) is 0 Å². The number of rotatable bonds is 6. The number of methoxy groups -OCH3 is 2. The van der Waals surface area contributed by atoms with Gasteiger partial charge in [-0.1, -0.05) is 36.4 Å². The molecule has 0 amide bonds. The Labute approximate surface area is 235 Å². The molecule has 0 spiro atoms. The lowest BCUT2D eigenvalue weighted by Crippen LogP contribution is -2.13. The fourth-order valence-corrected chi connectivity index (χ4v) is 3.78. The van der Waals surface area contributed by atoms with E-state index in [1.54, 1.807) is 18.2 Å². The Morgan fingerprint density at radius 2 is 1.02 bits per heavy atom. The van der Waals surface area contributed by atoms with Crippen molar-refractivity contribution in [3.05, 3.63) is 124 Å². The van der Waals surface area contributed by atoms with E-state index in [-0.39, 0.29) is 16.7 Å². The summed E-state index contributed by atoms with van der Waals surface area (Å²) in [6, 6.07) is 17.8. The van der Waals surface area contributed by atoms with Gasteiger partial charge in [0.2, 0.25) is 0 Å². The molecule has 4 aromatic carbocycles. The molecule has 42 heavy (non-hydrogen) atoms. The van der Waals surface area contributed by atoms with Gasteiger partial charge in [0, 0.05) is 16.7 Å². The van der Waals surface area contributed by atoms with E-state index in [1.165, 1.54) is 50.6 Å². The summed E-state index contributed by atoms with van der Waals surface area (Å²) < 4.78 is 100. The van der Waals surface area contributed by atoms with E-state index in [2.05, 4.69) is 0 Å². The molecule has 0 aliphatic rings. The zero-order chi connectivity index (χ0) is 31.2. The number of ether oxygens (including phenoxy) is 2. The maximum Gasteiger partial charge on any atom is 0.419 e. The van der Waals surface area contributed by atoms with Crippen LogP contribution in [0.3, 0.4) is 0 Å². The smallest absolute Gasteiger partial charge is 0.419 e. The van der Waals surface area contributed by atoms with Crippen molar-refractivity contribution >= 4 is 17.3 Å². The Hall–Kier alpha value is -4.87. The standard InChI is InChI=1S/C15H10F4O2.C15H12F3NO2/c1-21-10-5-2-4-9(8-10)14(20)11-6-3-7-12(13(11)16)15(17,18)19;1-21-10-5-2-4-9(8-10)14(20)11-6-3-7-12(13(11)19)15(16,17)18/h2-8H,1H3;2-8H,19H2,1H3. The molecule has 0 aliphatic heterocycles. The molecule has 0 unspecified atom stereocenters. The van der Waals surface area contributed by atoms with Crippen molar-refractivity contribution in [1.29, 1.82) is 0 Å². The topological polar surface area (TPSA) is 78.6 Å². The van der Waals surface area contributed by atoms with E-state index in [0.717, 1.165) is 24.3 Å². The first-order chi connectivity index (χ1) is 19.7. The Bertz CT molecular complexity index is 1480. The number of halogens is 7. The first-order valence-electron chi connectivity index (χ1n) is 11.9. The minimum Gasteiger partial charge on any atom is -0.497 e. The van der Waals surface area contributed by atoms with Crippen LogP contribution in [0.4, 0.5) is 36.4 Å². The summed E-state index contributed by atoms with van der Waals surface area (Å²) in [7, 11) is 2.82. The molecule has 0 saturated carbocycles. The number of benzene rings is 4. The second kappa shape index (κ2) is 12.8. The van der Waals surface area contributed by atoms with Gasteiger partial charge < -0.3 is 15.2 Å². The summed E-state index contributed by atoms with van der Waals surface area (Å²) in [5.41, 5.74) is 1.90. The number of alkyl halides is 6.